The molecule has 0 N–H and O–H groups in total. The quantitative estimate of drug-likeness (QED) is 0.337. The van der Waals surface area contributed by atoms with Gasteiger partial charge in [0.25, 0.3) is 0 Å². The summed E-state index contributed by atoms with van der Waals surface area (Å²) in [5.74, 6) is 0. The van der Waals surface area contributed by atoms with Crippen molar-refractivity contribution in [1.29, 1.82) is 0 Å². The molecule has 1 heteroatoms. The zero-order valence-electron chi connectivity index (χ0n) is 21.1. The van der Waals surface area contributed by atoms with Crippen LogP contribution in [0.3, 0.4) is 0 Å². The highest BCUT2D eigenvalue weighted by molar-refractivity contribution is 5.89. The number of nitrogens with zero attached hydrogens (tertiary/aromatic N) is 1. The first kappa shape index (κ1) is 25.8. The van der Waals surface area contributed by atoms with Crippen LogP contribution in [-0.4, -0.2) is 4.98 Å². The van der Waals surface area contributed by atoms with Gasteiger partial charge in [-0.1, -0.05) is 100 Å². The summed E-state index contributed by atoms with van der Waals surface area (Å²) in [5, 5.41) is 0. The number of aryl methyl sites for hydroxylation is 3. The van der Waals surface area contributed by atoms with Crippen LogP contribution in [0.1, 0.15) is 61.1 Å². The Hall–Kier alpha value is -3.45. The number of allylic oxidation sites excluding steroid dienone is 4. The fourth-order valence-electron chi connectivity index (χ4n) is 3.90. The number of hydrogen-bond acceptors (Lipinski definition) is 1. The summed E-state index contributed by atoms with van der Waals surface area (Å²) in [4.78, 5) is 4.29. The van der Waals surface area contributed by atoms with E-state index in [1.165, 1.54) is 27.8 Å². The van der Waals surface area contributed by atoms with Crippen LogP contribution in [0.2, 0.25) is 0 Å². The molecule has 0 saturated carbocycles. The van der Waals surface area contributed by atoms with E-state index >= 15 is 0 Å². The molecule has 0 aliphatic rings. The van der Waals surface area contributed by atoms with Crippen LogP contribution in [0.15, 0.2) is 103 Å². The molecule has 1 aromatic heterocycles. The molecule has 0 aliphatic carbocycles. The number of hydrogen-bond donors (Lipinski definition) is 0. The van der Waals surface area contributed by atoms with Gasteiger partial charge in [-0.2, -0.15) is 0 Å². The van der Waals surface area contributed by atoms with Gasteiger partial charge >= 0.3 is 0 Å². The molecular weight excluding hydrogens is 398 g/mol. The third-order valence-corrected chi connectivity index (χ3v) is 5.34. The Bertz CT molecular complexity index is 1160. The van der Waals surface area contributed by atoms with Crippen LogP contribution in [0.5, 0.6) is 0 Å². The van der Waals surface area contributed by atoms with E-state index in [0.717, 1.165) is 34.3 Å². The maximum Gasteiger partial charge on any atom is 0.0340 e. The van der Waals surface area contributed by atoms with Crippen LogP contribution in [0.25, 0.3) is 11.6 Å². The van der Waals surface area contributed by atoms with Crippen molar-refractivity contribution in [3.8, 4) is 0 Å². The lowest BCUT2D eigenvalue weighted by Gasteiger charge is -2.20. The summed E-state index contributed by atoms with van der Waals surface area (Å²) < 4.78 is 0. The number of rotatable bonds is 7. The summed E-state index contributed by atoms with van der Waals surface area (Å²) in [7, 11) is 0. The Morgan fingerprint density at radius 2 is 1.61 bits per heavy atom. The van der Waals surface area contributed by atoms with E-state index < -0.39 is 0 Å². The Balaban J connectivity index is 0.00000187. The van der Waals surface area contributed by atoms with Gasteiger partial charge in [0.15, 0.2) is 0 Å². The number of aromatic nitrogens is 1. The fourth-order valence-corrected chi connectivity index (χ4v) is 3.90. The lowest BCUT2D eigenvalue weighted by molar-refractivity contribution is 1.12. The standard InChI is InChI=1S/C30H31N.C2H6/c1-7-26-18-22(4)13-16-28(26)30(27-11-9-8-10-12-27)29(21(2)3)24(6)14-15-25-17-23(5)19-31-20-25;1-2/h8-20H,2,6-7H2,1,3-5H3;1-2H3/b15-14+,30-29+;. The minimum atomic E-state index is 0.940. The Morgan fingerprint density at radius 1 is 0.909 bits per heavy atom. The summed E-state index contributed by atoms with van der Waals surface area (Å²) in [6, 6.07) is 19.4. The van der Waals surface area contributed by atoms with Crippen molar-refractivity contribution in [2.24, 2.45) is 0 Å². The molecule has 170 valence electrons. The van der Waals surface area contributed by atoms with E-state index in [0.29, 0.717) is 0 Å². The molecule has 33 heavy (non-hydrogen) atoms. The second kappa shape index (κ2) is 12.6. The Kier molecular flexibility index (Phi) is 9.82. The molecule has 3 rings (SSSR count). The number of benzene rings is 2. The van der Waals surface area contributed by atoms with Gasteiger partial charge in [-0.05, 0) is 83.4 Å². The molecule has 0 saturated heterocycles. The zero-order valence-corrected chi connectivity index (χ0v) is 21.1. The number of pyridine rings is 1. The van der Waals surface area contributed by atoms with Crippen molar-refractivity contribution in [2.45, 2.75) is 48.0 Å². The molecule has 0 unspecified atom stereocenters. The average molecular weight is 436 g/mol. The van der Waals surface area contributed by atoms with E-state index in [4.69, 9.17) is 0 Å². The van der Waals surface area contributed by atoms with Gasteiger partial charge in [-0.15, -0.1) is 0 Å². The molecule has 2 aromatic carbocycles. The first-order chi connectivity index (χ1) is 15.9. The predicted molar refractivity (Wildman–Crippen MR) is 146 cm³/mol. The molecule has 0 aliphatic heterocycles. The third-order valence-electron chi connectivity index (χ3n) is 5.34. The van der Waals surface area contributed by atoms with Crippen LogP contribution in [0, 0.1) is 13.8 Å². The molecule has 1 heterocycles. The molecule has 0 amide bonds. The summed E-state index contributed by atoms with van der Waals surface area (Å²) in [5.41, 5.74) is 11.4. The van der Waals surface area contributed by atoms with Gasteiger partial charge in [0.1, 0.15) is 0 Å². The molecule has 0 radical (unpaired) electrons. The van der Waals surface area contributed by atoms with Gasteiger partial charge in [0, 0.05) is 12.4 Å². The zero-order chi connectivity index (χ0) is 24.4. The molecular formula is C32H37N. The van der Waals surface area contributed by atoms with Gasteiger partial charge in [-0.25, -0.2) is 0 Å². The maximum absolute atomic E-state index is 4.43. The second-order valence-electron chi connectivity index (χ2n) is 8.06. The molecule has 1 nitrogen and oxygen atoms in total. The second-order valence-corrected chi connectivity index (χ2v) is 8.06. The third kappa shape index (κ3) is 6.76. The smallest absolute Gasteiger partial charge is 0.0340 e. The van der Waals surface area contributed by atoms with E-state index in [9.17, 15) is 0 Å². The topological polar surface area (TPSA) is 12.9 Å². The van der Waals surface area contributed by atoms with Crippen molar-refractivity contribution in [2.75, 3.05) is 0 Å². The molecule has 0 fully saturated rings. The van der Waals surface area contributed by atoms with Gasteiger partial charge in [0.05, 0.1) is 0 Å². The molecule has 3 aromatic rings. The maximum atomic E-state index is 4.43. The first-order valence-electron chi connectivity index (χ1n) is 11.7. The van der Waals surface area contributed by atoms with Gasteiger partial charge in [-0.3, -0.25) is 4.98 Å². The highest BCUT2D eigenvalue weighted by atomic mass is 14.6. The highest BCUT2D eigenvalue weighted by Gasteiger charge is 2.17. The summed E-state index contributed by atoms with van der Waals surface area (Å²) >= 11 is 0. The van der Waals surface area contributed by atoms with Crippen molar-refractivity contribution < 1.29 is 0 Å². The van der Waals surface area contributed by atoms with Crippen molar-refractivity contribution in [1.82, 2.24) is 4.98 Å². The SMILES string of the molecule is C=C(C)/C(C(=C)/C=C/c1cncc(C)c1)=C(/c1ccccc1)c1ccc(C)cc1CC.CC. The van der Waals surface area contributed by atoms with Crippen LogP contribution >= 0.6 is 0 Å². The highest BCUT2D eigenvalue weighted by Crippen LogP contribution is 2.36. The molecule has 0 atom stereocenters. The predicted octanol–water partition coefficient (Wildman–Crippen LogP) is 8.93. The van der Waals surface area contributed by atoms with E-state index in [2.05, 4.69) is 113 Å². The lowest BCUT2D eigenvalue weighted by atomic mass is 9.84. The fraction of sp³-hybridized carbons (Fsp3) is 0.219. The minimum absolute atomic E-state index is 0.940. The van der Waals surface area contributed by atoms with Crippen LogP contribution in [-0.2, 0) is 6.42 Å². The largest absolute Gasteiger partial charge is 0.264 e. The van der Waals surface area contributed by atoms with E-state index in [-0.39, 0.29) is 0 Å². The van der Waals surface area contributed by atoms with Crippen LogP contribution < -0.4 is 0 Å². The molecule has 0 bridgehead atoms. The van der Waals surface area contributed by atoms with Gasteiger partial charge in [0.2, 0.25) is 0 Å². The van der Waals surface area contributed by atoms with E-state index in [1.807, 2.05) is 26.2 Å². The first-order valence-corrected chi connectivity index (χ1v) is 11.7. The Morgan fingerprint density at radius 3 is 2.21 bits per heavy atom. The van der Waals surface area contributed by atoms with Crippen molar-refractivity contribution in [3.05, 3.63) is 136 Å². The lowest BCUT2D eigenvalue weighted by Crippen LogP contribution is -2.01. The monoisotopic (exact) mass is 435 g/mol. The Labute approximate surface area is 200 Å². The van der Waals surface area contributed by atoms with Gasteiger partial charge < -0.3 is 0 Å². The molecule has 0 spiro atoms. The summed E-state index contributed by atoms with van der Waals surface area (Å²) in [6.45, 7) is 21.2. The van der Waals surface area contributed by atoms with E-state index in [1.54, 1.807) is 0 Å². The van der Waals surface area contributed by atoms with Crippen molar-refractivity contribution in [3.63, 3.8) is 0 Å². The van der Waals surface area contributed by atoms with Crippen molar-refractivity contribution >= 4 is 11.6 Å². The normalized spacial score (nSPS) is 11.5. The van der Waals surface area contributed by atoms with Crippen LogP contribution in [0.4, 0.5) is 0 Å². The summed E-state index contributed by atoms with van der Waals surface area (Å²) in [6.07, 6.45) is 8.85. The average Bonchev–Trinajstić information content (AvgIpc) is 2.83. The minimum Gasteiger partial charge on any atom is -0.264 e.